The molecule has 0 atom stereocenters. The summed E-state index contributed by atoms with van der Waals surface area (Å²) in [4.78, 5) is 6.49. The Morgan fingerprint density at radius 2 is 2.05 bits per heavy atom. The largest absolute Gasteiger partial charge is 0.395 e. The molecule has 0 saturated carbocycles. The fourth-order valence-electron chi connectivity index (χ4n) is 2.56. The van der Waals surface area contributed by atoms with E-state index in [4.69, 9.17) is 0 Å². The van der Waals surface area contributed by atoms with Gasteiger partial charge >= 0.3 is 0 Å². The summed E-state index contributed by atoms with van der Waals surface area (Å²) in [6.07, 6.45) is 3.66. The summed E-state index contributed by atoms with van der Waals surface area (Å²) in [5.74, 6) is 1.01. The number of aliphatic hydroxyl groups is 1. The van der Waals surface area contributed by atoms with Crippen molar-refractivity contribution < 1.29 is 5.11 Å². The smallest absolute Gasteiger partial charge is 0.157 e. The van der Waals surface area contributed by atoms with E-state index in [9.17, 15) is 5.11 Å². The highest BCUT2D eigenvalue weighted by atomic mass is 16.3. The molecule has 2 heterocycles. The molecule has 1 N–H and O–H groups in total. The van der Waals surface area contributed by atoms with Gasteiger partial charge in [-0.25, -0.2) is 4.98 Å². The van der Waals surface area contributed by atoms with Gasteiger partial charge in [0, 0.05) is 12.6 Å². The maximum absolute atomic E-state index is 9.34. The van der Waals surface area contributed by atoms with Crippen LogP contribution in [0, 0.1) is 6.92 Å². The minimum atomic E-state index is 0.140. The average Bonchev–Trinajstić information content (AvgIpc) is 2.86. The molecular formula is C14H22N4O. The third kappa shape index (κ3) is 2.71. The lowest BCUT2D eigenvalue weighted by Crippen LogP contribution is -2.38. The van der Waals surface area contributed by atoms with Gasteiger partial charge in [0.05, 0.1) is 6.61 Å². The predicted octanol–water partition coefficient (Wildman–Crippen LogP) is 2.03. The molecule has 0 amide bonds. The summed E-state index contributed by atoms with van der Waals surface area (Å²) in [6, 6.07) is 4.53. The van der Waals surface area contributed by atoms with Crippen molar-refractivity contribution in [3.8, 4) is 0 Å². The molecule has 0 aromatic carbocycles. The summed E-state index contributed by atoms with van der Waals surface area (Å²) >= 11 is 0. The quantitative estimate of drug-likeness (QED) is 0.865. The number of fused-ring (bicyclic) bond motifs is 1. The van der Waals surface area contributed by atoms with E-state index in [0.717, 1.165) is 29.9 Å². The fraction of sp³-hybridized carbons (Fsp3) is 0.571. The van der Waals surface area contributed by atoms with Crippen molar-refractivity contribution in [3.63, 3.8) is 0 Å². The number of aromatic nitrogens is 3. The number of anilines is 1. The van der Waals surface area contributed by atoms with Crippen molar-refractivity contribution in [2.24, 2.45) is 0 Å². The van der Waals surface area contributed by atoms with Crippen molar-refractivity contribution in [1.82, 2.24) is 14.6 Å². The maximum atomic E-state index is 9.34. The number of nitrogens with zero attached hydrogens (tertiary/aromatic N) is 4. The minimum absolute atomic E-state index is 0.140. The van der Waals surface area contributed by atoms with Gasteiger partial charge in [-0.05, 0) is 37.5 Å². The van der Waals surface area contributed by atoms with Crippen molar-refractivity contribution in [2.45, 2.75) is 39.7 Å². The molecular weight excluding hydrogens is 240 g/mol. The Kier molecular flexibility index (Phi) is 4.37. The second-order valence-electron chi connectivity index (χ2n) is 4.81. The zero-order chi connectivity index (χ0) is 13.8. The molecule has 0 unspecified atom stereocenters. The molecule has 2 rings (SSSR count). The predicted molar refractivity (Wildman–Crippen MR) is 76.5 cm³/mol. The van der Waals surface area contributed by atoms with Gasteiger partial charge in [0.1, 0.15) is 12.1 Å². The van der Waals surface area contributed by atoms with Crippen molar-refractivity contribution >= 4 is 11.5 Å². The summed E-state index contributed by atoms with van der Waals surface area (Å²) in [5.41, 5.74) is 2.01. The van der Waals surface area contributed by atoms with Gasteiger partial charge in [-0.2, -0.15) is 9.61 Å². The van der Waals surface area contributed by atoms with Gasteiger partial charge in [-0.1, -0.05) is 13.8 Å². The molecule has 0 fully saturated rings. The van der Waals surface area contributed by atoms with Crippen LogP contribution >= 0.6 is 0 Å². The molecule has 0 aliphatic carbocycles. The van der Waals surface area contributed by atoms with Crippen LogP contribution in [-0.4, -0.2) is 38.9 Å². The first-order valence-electron chi connectivity index (χ1n) is 6.89. The maximum Gasteiger partial charge on any atom is 0.157 e. The zero-order valence-corrected chi connectivity index (χ0v) is 11.9. The number of pyridine rings is 1. The normalized spacial score (nSPS) is 11.4. The topological polar surface area (TPSA) is 53.7 Å². The number of aryl methyl sites for hydroxylation is 1. The number of hydrogen-bond acceptors (Lipinski definition) is 4. The van der Waals surface area contributed by atoms with Crippen LogP contribution in [0.3, 0.4) is 0 Å². The summed E-state index contributed by atoms with van der Waals surface area (Å²) < 4.78 is 1.85. The first-order chi connectivity index (χ1) is 9.21. The second-order valence-corrected chi connectivity index (χ2v) is 4.81. The van der Waals surface area contributed by atoms with Crippen LogP contribution in [0.1, 0.15) is 32.3 Å². The Balaban J connectivity index is 2.51. The van der Waals surface area contributed by atoms with Crippen LogP contribution in [0.4, 0.5) is 5.82 Å². The standard InChI is InChI=1S/C14H22N4O/c1-4-12(5-2)17(6-7-19)14-9-11(3)8-13-15-10-16-18(13)14/h8-10,12,19H,4-7H2,1-3H3. The van der Waals surface area contributed by atoms with E-state index in [2.05, 4.69) is 41.8 Å². The molecule has 2 aromatic rings. The van der Waals surface area contributed by atoms with E-state index < -0.39 is 0 Å². The molecule has 2 aromatic heterocycles. The van der Waals surface area contributed by atoms with Crippen LogP contribution in [-0.2, 0) is 0 Å². The van der Waals surface area contributed by atoms with Gasteiger partial charge in [0.15, 0.2) is 5.65 Å². The van der Waals surface area contributed by atoms with Gasteiger partial charge < -0.3 is 10.0 Å². The minimum Gasteiger partial charge on any atom is -0.395 e. The highest BCUT2D eigenvalue weighted by Gasteiger charge is 2.18. The summed E-state index contributed by atoms with van der Waals surface area (Å²) in [5, 5.41) is 13.6. The lowest BCUT2D eigenvalue weighted by molar-refractivity contribution is 0.295. The average molecular weight is 262 g/mol. The molecule has 0 bridgehead atoms. The van der Waals surface area contributed by atoms with Crippen molar-refractivity contribution in [1.29, 1.82) is 0 Å². The zero-order valence-electron chi connectivity index (χ0n) is 11.9. The molecule has 104 valence electrons. The van der Waals surface area contributed by atoms with E-state index >= 15 is 0 Å². The molecule has 0 aliphatic rings. The number of hydrogen-bond donors (Lipinski definition) is 1. The SMILES string of the molecule is CCC(CC)N(CCO)c1cc(C)cc2ncnn12. The van der Waals surface area contributed by atoms with Crippen LogP contribution in [0.2, 0.25) is 0 Å². The molecule has 0 saturated heterocycles. The van der Waals surface area contributed by atoms with Crippen LogP contribution in [0.5, 0.6) is 0 Å². The Labute approximate surface area is 113 Å². The highest BCUT2D eigenvalue weighted by molar-refractivity contribution is 5.53. The fourth-order valence-corrected chi connectivity index (χ4v) is 2.56. The van der Waals surface area contributed by atoms with Crippen molar-refractivity contribution in [2.75, 3.05) is 18.1 Å². The summed E-state index contributed by atoms with van der Waals surface area (Å²) in [6.45, 7) is 7.16. The Bertz CT molecular complexity index is 533. The monoisotopic (exact) mass is 262 g/mol. The molecule has 0 spiro atoms. The Morgan fingerprint density at radius 3 is 2.68 bits per heavy atom. The second kappa shape index (κ2) is 6.02. The first kappa shape index (κ1) is 13.8. The van der Waals surface area contributed by atoms with Gasteiger partial charge in [0.25, 0.3) is 0 Å². The molecule has 5 heteroatoms. The molecule has 19 heavy (non-hydrogen) atoms. The van der Waals surface area contributed by atoms with Gasteiger partial charge in [0.2, 0.25) is 0 Å². The van der Waals surface area contributed by atoms with E-state index in [1.54, 1.807) is 6.33 Å². The van der Waals surface area contributed by atoms with Crippen molar-refractivity contribution in [3.05, 3.63) is 24.0 Å². The van der Waals surface area contributed by atoms with Crippen LogP contribution < -0.4 is 4.90 Å². The molecule has 0 radical (unpaired) electrons. The van der Waals surface area contributed by atoms with Gasteiger partial charge in [-0.15, -0.1) is 0 Å². The molecule has 0 aliphatic heterocycles. The highest BCUT2D eigenvalue weighted by Crippen LogP contribution is 2.22. The van der Waals surface area contributed by atoms with E-state index in [1.807, 2.05) is 10.6 Å². The first-order valence-corrected chi connectivity index (χ1v) is 6.89. The van der Waals surface area contributed by atoms with Crippen LogP contribution in [0.15, 0.2) is 18.5 Å². The third-order valence-electron chi connectivity index (χ3n) is 3.52. The third-order valence-corrected chi connectivity index (χ3v) is 3.52. The lowest BCUT2D eigenvalue weighted by atomic mass is 10.1. The Hall–Kier alpha value is -1.62. The lowest BCUT2D eigenvalue weighted by Gasteiger charge is -2.32. The summed E-state index contributed by atoms with van der Waals surface area (Å²) in [7, 11) is 0. The Morgan fingerprint density at radius 1 is 1.32 bits per heavy atom. The van der Waals surface area contributed by atoms with E-state index in [0.29, 0.717) is 12.6 Å². The number of aliphatic hydroxyl groups excluding tert-OH is 1. The van der Waals surface area contributed by atoms with Gasteiger partial charge in [-0.3, -0.25) is 0 Å². The van der Waals surface area contributed by atoms with E-state index in [1.165, 1.54) is 0 Å². The van der Waals surface area contributed by atoms with E-state index in [-0.39, 0.29) is 6.61 Å². The van der Waals surface area contributed by atoms with Crippen LogP contribution in [0.25, 0.3) is 5.65 Å². The number of rotatable bonds is 6. The molecule has 5 nitrogen and oxygen atoms in total.